The number of nitrogens with zero attached hydrogens (tertiary/aromatic N) is 2. The van der Waals surface area contributed by atoms with Gasteiger partial charge in [-0.05, 0) is 49.1 Å². The summed E-state index contributed by atoms with van der Waals surface area (Å²) in [6.07, 6.45) is 3.36. The minimum atomic E-state index is -0.177. The maximum atomic E-state index is 13.2. The van der Waals surface area contributed by atoms with Gasteiger partial charge < -0.3 is 15.5 Å². The third-order valence-corrected chi connectivity index (χ3v) is 5.78. The molecule has 1 unspecified atom stereocenters. The van der Waals surface area contributed by atoms with Crippen LogP contribution in [0.5, 0.6) is 0 Å². The zero-order chi connectivity index (χ0) is 18.7. The number of para-hydroxylation sites is 1. The van der Waals surface area contributed by atoms with E-state index >= 15 is 0 Å². The standard InChI is InChI=1S/C22H27FN4/c1-24-21(25-16-22(12-13-22)17-7-9-18(23)10-8-17)26-19-11-14-27(15-19)20-5-3-2-4-6-20/h2-10,19H,11-16H2,1H3,(H2,24,25,26). The van der Waals surface area contributed by atoms with Crippen molar-refractivity contribution in [1.29, 1.82) is 0 Å². The molecule has 4 rings (SSSR count). The second-order valence-electron chi connectivity index (χ2n) is 7.62. The van der Waals surface area contributed by atoms with Crippen molar-refractivity contribution in [1.82, 2.24) is 10.6 Å². The highest BCUT2D eigenvalue weighted by molar-refractivity contribution is 5.80. The monoisotopic (exact) mass is 366 g/mol. The summed E-state index contributed by atoms with van der Waals surface area (Å²) in [6, 6.07) is 17.9. The fourth-order valence-corrected chi connectivity index (χ4v) is 3.91. The highest BCUT2D eigenvalue weighted by Crippen LogP contribution is 2.47. The third-order valence-electron chi connectivity index (χ3n) is 5.78. The fourth-order valence-electron chi connectivity index (χ4n) is 3.91. The number of anilines is 1. The molecule has 1 heterocycles. The number of benzene rings is 2. The number of aliphatic imine (C=N–C) groups is 1. The largest absolute Gasteiger partial charge is 0.369 e. The van der Waals surface area contributed by atoms with Crippen LogP contribution in [0, 0.1) is 5.82 Å². The van der Waals surface area contributed by atoms with Crippen molar-refractivity contribution in [2.24, 2.45) is 4.99 Å². The van der Waals surface area contributed by atoms with Gasteiger partial charge in [-0.25, -0.2) is 4.39 Å². The van der Waals surface area contributed by atoms with E-state index in [1.54, 1.807) is 12.1 Å². The molecular formula is C22H27FN4. The number of halogens is 1. The van der Waals surface area contributed by atoms with Crippen molar-refractivity contribution >= 4 is 11.6 Å². The first-order valence-corrected chi connectivity index (χ1v) is 9.72. The average molecular weight is 366 g/mol. The van der Waals surface area contributed by atoms with Gasteiger partial charge in [0.25, 0.3) is 0 Å². The van der Waals surface area contributed by atoms with E-state index < -0.39 is 0 Å². The van der Waals surface area contributed by atoms with E-state index in [4.69, 9.17) is 0 Å². The Bertz CT molecular complexity index is 784. The third kappa shape index (κ3) is 4.07. The van der Waals surface area contributed by atoms with Crippen LogP contribution >= 0.6 is 0 Å². The quantitative estimate of drug-likeness (QED) is 0.630. The van der Waals surface area contributed by atoms with Crippen molar-refractivity contribution < 1.29 is 4.39 Å². The van der Waals surface area contributed by atoms with Gasteiger partial charge in [-0.15, -0.1) is 0 Å². The molecule has 0 bridgehead atoms. The first kappa shape index (κ1) is 17.8. The minimum Gasteiger partial charge on any atom is -0.369 e. The zero-order valence-electron chi connectivity index (χ0n) is 15.8. The summed E-state index contributed by atoms with van der Waals surface area (Å²) < 4.78 is 13.2. The first-order valence-electron chi connectivity index (χ1n) is 9.72. The highest BCUT2D eigenvalue weighted by atomic mass is 19.1. The van der Waals surface area contributed by atoms with Gasteiger partial charge in [0.1, 0.15) is 5.82 Å². The summed E-state index contributed by atoms with van der Waals surface area (Å²) in [5.41, 5.74) is 2.61. The first-order chi connectivity index (χ1) is 13.2. The van der Waals surface area contributed by atoms with Gasteiger partial charge in [-0.2, -0.15) is 0 Å². The lowest BCUT2D eigenvalue weighted by Gasteiger charge is -2.22. The second kappa shape index (κ2) is 7.59. The predicted octanol–water partition coefficient (Wildman–Crippen LogP) is 3.30. The Labute approximate surface area is 160 Å². The molecule has 2 aromatic carbocycles. The van der Waals surface area contributed by atoms with Gasteiger partial charge in [0.15, 0.2) is 5.96 Å². The SMILES string of the molecule is CN=C(NCC1(c2ccc(F)cc2)CC1)NC1CCN(c2ccccc2)C1. The van der Waals surface area contributed by atoms with Gasteiger partial charge in [0.05, 0.1) is 0 Å². The Morgan fingerprint density at radius 3 is 2.56 bits per heavy atom. The second-order valence-corrected chi connectivity index (χ2v) is 7.62. The molecule has 2 aliphatic rings. The molecule has 1 saturated carbocycles. The van der Waals surface area contributed by atoms with E-state index in [2.05, 4.69) is 50.9 Å². The van der Waals surface area contributed by atoms with Crippen molar-refractivity contribution in [2.75, 3.05) is 31.6 Å². The molecule has 0 radical (unpaired) electrons. The molecule has 0 amide bonds. The molecule has 27 heavy (non-hydrogen) atoms. The molecule has 1 aliphatic heterocycles. The molecule has 2 N–H and O–H groups in total. The molecule has 0 spiro atoms. The van der Waals surface area contributed by atoms with Crippen LogP contribution < -0.4 is 15.5 Å². The average Bonchev–Trinajstić information content (AvgIpc) is 3.36. The maximum absolute atomic E-state index is 13.2. The van der Waals surface area contributed by atoms with Crippen LogP contribution in [0.4, 0.5) is 10.1 Å². The van der Waals surface area contributed by atoms with E-state index in [9.17, 15) is 4.39 Å². The van der Waals surface area contributed by atoms with Crippen LogP contribution in [0.25, 0.3) is 0 Å². The maximum Gasteiger partial charge on any atom is 0.191 e. The predicted molar refractivity (Wildman–Crippen MR) is 109 cm³/mol. The zero-order valence-corrected chi connectivity index (χ0v) is 15.8. The van der Waals surface area contributed by atoms with Gasteiger partial charge in [0, 0.05) is 43.8 Å². The van der Waals surface area contributed by atoms with Gasteiger partial charge in [-0.1, -0.05) is 30.3 Å². The number of hydrogen-bond donors (Lipinski definition) is 2. The van der Waals surface area contributed by atoms with Crippen LogP contribution in [0.1, 0.15) is 24.8 Å². The lowest BCUT2D eigenvalue weighted by Crippen LogP contribution is -2.46. The molecule has 0 aromatic heterocycles. The van der Waals surface area contributed by atoms with Gasteiger partial charge in [-0.3, -0.25) is 4.99 Å². The molecule has 2 fully saturated rings. The Hall–Kier alpha value is -2.56. The Kier molecular flexibility index (Phi) is 5.01. The van der Waals surface area contributed by atoms with E-state index in [0.717, 1.165) is 44.9 Å². The number of nitrogens with one attached hydrogen (secondary N) is 2. The summed E-state index contributed by atoms with van der Waals surface area (Å²) in [5.74, 6) is 0.674. The van der Waals surface area contributed by atoms with Crippen LogP contribution in [-0.2, 0) is 5.41 Å². The van der Waals surface area contributed by atoms with Crippen molar-refractivity contribution in [3.63, 3.8) is 0 Å². The molecular weight excluding hydrogens is 339 g/mol. The van der Waals surface area contributed by atoms with Crippen molar-refractivity contribution in [2.45, 2.75) is 30.7 Å². The van der Waals surface area contributed by atoms with Crippen molar-refractivity contribution in [3.05, 3.63) is 66.0 Å². The molecule has 1 atom stereocenters. The summed E-state index contributed by atoms with van der Waals surface area (Å²) >= 11 is 0. The Morgan fingerprint density at radius 1 is 1.15 bits per heavy atom. The van der Waals surface area contributed by atoms with Crippen LogP contribution in [0.15, 0.2) is 59.6 Å². The van der Waals surface area contributed by atoms with Crippen LogP contribution in [0.3, 0.4) is 0 Å². The van der Waals surface area contributed by atoms with E-state index in [-0.39, 0.29) is 11.2 Å². The van der Waals surface area contributed by atoms with E-state index in [0.29, 0.717) is 6.04 Å². The summed E-state index contributed by atoms with van der Waals surface area (Å²) in [4.78, 5) is 6.81. The molecule has 1 aliphatic carbocycles. The van der Waals surface area contributed by atoms with Crippen LogP contribution in [0.2, 0.25) is 0 Å². The molecule has 4 nitrogen and oxygen atoms in total. The van der Waals surface area contributed by atoms with Crippen molar-refractivity contribution in [3.8, 4) is 0 Å². The number of guanidine groups is 1. The molecule has 142 valence electrons. The topological polar surface area (TPSA) is 39.7 Å². The smallest absolute Gasteiger partial charge is 0.191 e. The Balaban J connectivity index is 1.31. The Morgan fingerprint density at radius 2 is 1.89 bits per heavy atom. The number of hydrogen-bond acceptors (Lipinski definition) is 2. The molecule has 5 heteroatoms. The normalized spacial score (nSPS) is 21.2. The minimum absolute atomic E-state index is 0.122. The summed E-state index contributed by atoms with van der Waals surface area (Å²) in [5, 5.41) is 7.06. The molecule has 2 aromatic rings. The lowest BCUT2D eigenvalue weighted by molar-refractivity contribution is 0.606. The summed E-state index contributed by atoms with van der Waals surface area (Å²) in [7, 11) is 1.82. The van der Waals surface area contributed by atoms with E-state index in [1.165, 1.54) is 11.3 Å². The van der Waals surface area contributed by atoms with Crippen LogP contribution in [-0.4, -0.2) is 38.7 Å². The van der Waals surface area contributed by atoms with Gasteiger partial charge >= 0.3 is 0 Å². The molecule has 1 saturated heterocycles. The van der Waals surface area contributed by atoms with E-state index in [1.807, 2.05) is 19.2 Å². The number of rotatable bonds is 5. The lowest BCUT2D eigenvalue weighted by atomic mass is 9.96. The fraction of sp³-hybridized carbons (Fsp3) is 0.409. The summed E-state index contributed by atoms with van der Waals surface area (Å²) in [6.45, 7) is 2.86. The van der Waals surface area contributed by atoms with Gasteiger partial charge in [0.2, 0.25) is 0 Å². The highest BCUT2D eigenvalue weighted by Gasteiger charge is 2.44.